The largest absolute Gasteiger partial charge is 0.357 e. The van der Waals surface area contributed by atoms with E-state index < -0.39 is 16.1 Å². The molecule has 1 aliphatic rings. The molecule has 1 saturated heterocycles. The van der Waals surface area contributed by atoms with Crippen molar-refractivity contribution in [1.82, 2.24) is 19.6 Å². The van der Waals surface area contributed by atoms with Gasteiger partial charge in [0.25, 0.3) is 0 Å². The van der Waals surface area contributed by atoms with Crippen LogP contribution < -0.4 is 10.6 Å². The maximum atomic E-state index is 12.4. The second-order valence-corrected chi connectivity index (χ2v) is 5.97. The van der Waals surface area contributed by atoms with Crippen molar-refractivity contribution < 1.29 is 13.2 Å². The minimum Gasteiger partial charge on any atom is -0.357 e. The van der Waals surface area contributed by atoms with Gasteiger partial charge in [-0.25, -0.2) is 18.4 Å². The number of carbonyl (C=O) groups excluding carboxylic acids is 1. The van der Waals surface area contributed by atoms with Crippen LogP contribution >= 0.6 is 0 Å². The number of anilines is 1. The predicted molar refractivity (Wildman–Crippen MR) is 67.9 cm³/mol. The SMILES string of the molecule is CNc1ncc(S(=O)(=O)N2CCNC(=O)C2C)cn1. The summed E-state index contributed by atoms with van der Waals surface area (Å²) in [5.74, 6) is 0.0333. The number of rotatable bonds is 3. The molecule has 8 nitrogen and oxygen atoms in total. The Labute approximate surface area is 111 Å². The molecule has 0 radical (unpaired) electrons. The summed E-state index contributed by atoms with van der Waals surface area (Å²) in [6, 6.07) is -0.734. The second kappa shape index (κ2) is 5.10. The van der Waals surface area contributed by atoms with Crippen molar-refractivity contribution in [3.8, 4) is 0 Å². The molecule has 0 bridgehead atoms. The van der Waals surface area contributed by atoms with Crippen molar-refractivity contribution in [2.24, 2.45) is 0 Å². The summed E-state index contributed by atoms with van der Waals surface area (Å²) in [6.07, 6.45) is 2.46. The van der Waals surface area contributed by atoms with Crippen molar-refractivity contribution in [3.05, 3.63) is 12.4 Å². The van der Waals surface area contributed by atoms with E-state index in [4.69, 9.17) is 0 Å². The van der Waals surface area contributed by atoms with E-state index in [0.29, 0.717) is 12.5 Å². The maximum Gasteiger partial charge on any atom is 0.246 e. The Bertz CT molecular complexity index is 571. The Morgan fingerprint density at radius 3 is 2.63 bits per heavy atom. The molecule has 0 aliphatic carbocycles. The smallest absolute Gasteiger partial charge is 0.246 e. The van der Waals surface area contributed by atoms with E-state index in [0.717, 1.165) is 4.31 Å². The highest BCUT2D eigenvalue weighted by Crippen LogP contribution is 2.18. The number of amides is 1. The highest BCUT2D eigenvalue weighted by atomic mass is 32.2. The van der Waals surface area contributed by atoms with Crippen LogP contribution in [0.15, 0.2) is 17.3 Å². The molecule has 1 amide bonds. The monoisotopic (exact) mass is 285 g/mol. The molecule has 9 heteroatoms. The zero-order valence-electron chi connectivity index (χ0n) is 10.6. The van der Waals surface area contributed by atoms with Crippen LogP contribution in [0, 0.1) is 0 Å². The fourth-order valence-electron chi connectivity index (χ4n) is 1.80. The minimum absolute atomic E-state index is 0.0203. The summed E-state index contributed by atoms with van der Waals surface area (Å²) in [7, 11) is -2.11. The number of hydrogen-bond acceptors (Lipinski definition) is 6. The van der Waals surface area contributed by atoms with Crippen LogP contribution in [0.25, 0.3) is 0 Å². The summed E-state index contributed by atoms with van der Waals surface area (Å²) in [5.41, 5.74) is 0. The van der Waals surface area contributed by atoms with Crippen LogP contribution in [-0.4, -0.2) is 54.8 Å². The third-order valence-electron chi connectivity index (χ3n) is 2.90. The van der Waals surface area contributed by atoms with Crippen LogP contribution in [-0.2, 0) is 14.8 Å². The molecule has 104 valence electrons. The van der Waals surface area contributed by atoms with Gasteiger partial charge < -0.3 is 10.6 Å². The van der Waals surface area contributed by atoms with Crippen LogP contribution in [0.2, 0.25) is 0 Å². The van der Waals surface area contributed by atoms with Gasteiger partial charge in [-0.1, -0.05) is 0 Å². The normalized spacial score (nSPS) is 20.9. The Balaban J connectivity index is 2.32. The zero-order valence-corrected chi connectivity index (χ0v) is 11.4. The quantitative estimate of drug-likeness (QED) is 0.740. The number of nitrogens with zero attached hydrogens (tertiary/aromatic N) is 3. The molecule has 0 aromatic carbocycles. The Kier molecular flexibility index (Phi) is 3.67. The molecule has 2 heterocycles. The highest BCUT2D eigenvalue weighted by Gasteiger charge is 2.35. The van der Waals surface area contributed by atoms with Gasteiger partial charge in [-0.3, -0.25) is 4.79 Å². The molecule has 2 rings (SSSR count). The summed E-state index contributed by atoms with van der Waals surface area (Å²) in [6.45, 7) is 2.09. The van der Waals surface area contributed by atoms with Gasteiger partial charge in [0.15, 0.2) is 0 Å². The lowest BCUT2D eigenvalue weighted by Gasteiger charge is -2.31. The maximum absolute atomic E-state index is 12.4. The molecule has 1 fully saturated rings. The minimum atomic E-state index is -3.75. The van der Waals surface area contributed by atoms with Gasteiger partial charge in [-0.2, -0.15) is 4.31 Å². The topological polar surface area (TPSA) is 104 Å². The van der Waals surface area contributed by atoms with E-state index in [9.17, 15) is 13.2 Å². The Morgan fingerprint density at radius 1 is 1.42 bits per heavy atom. The molecule has 0 spiro atoms. The second-order valence-electron chi connectivity index (χ2n) is 4.08. The molecule has 2 N–H and O–H groups in total. The van der Waals surface area contributed by atoms with Crippen molar-refractivity contribution in [1.29, 1.82) is 0 Å². The number of aromatic nitrogens is 2. The third kappa shape index (κ3) is 2.51. The average molecular weight is 285 g/mol. The third-order valence-corrected chi connectivity index (χ3v) is 4.82. The van der Waals surface area contributed by atoms with Gasteiger partial charge in [0, 0.05) is 20.1 Å². The van der Waals surface area contributed by atoms with E-state index in [1.165, 1.54) is 12.4 Å². The van der Waals surface area contributed by atoms with Crippen molar-refractivity contribution in [3.63, 3.8) is 0 Å². The molecule has 0 saturated carbocycles. The van der Waals surface area contributed by atoms with Crippen molar-refractivity contribution in [2.75, 3.05) is 25.5 Å². The van der Waals surface area contributed by atoms with E-state index in [1.807, 2.05) is 0 Å². The standard InChI is InChI=1S/C10H15N5O3S/c1-7-9(16)12-3-4-15(7)19(17,18)8-5-13-10(11-2)14-6-8/h5-7H,3-4H2,1-2H3,(H,12,16)(H,11,13,14). The lowest BCUT2D eigenvalue weighted by atomic mass is 10.2. The summed E-state index contributed by atoms with van der Waals surface area (Å²) in [4.78, 5) is 19.3. The van der Waals surface area contributed by atoms with E-state index in [-0.39, 0.29) is 17.3 Å². The number of carbonyl (C=O) groups is 1. The molecule has 1 unspecified atom stereocenters. The van der Waals surface area contributed by atoms with Gasteiger partial charge in [-0.15, -0.1) is 0 Å². The van der Waals surface area contributed by atoms with Crippen molar-refractivity contribution >= 4 is 21.9 Å². The predicted octanol–water partition coefficient (Wildman–Crippen LogP) is -0.973. The van der Waals surface area contributed by atoms with Crippen LogP contribution in [0.4, 0.5) is 5.95 Å². The molecule has 1 atom stereocenters. The summed E-state index contributed by atoms with van der Waals surface area (Å²) in [5, 5.41) is 5.32. The van der Waals surface area contributed by atoms with Crippen LogP contribution in [0.1, 0.15) is 6.92 Å². The van der Waals surface area contributed by atoms with Gasteiger partial charge in [0.05, 0.1) is 12.4 Å². The fraction of sp³-hybridized carbons (Fsp3) is 0.500. The van der Waals surface area contributed by atoms with Gasteiger partial charge in [-0.05, 0) is 6.92 Å². The number of hydrogen-bond donors (Lipinski definition) is 2. The summed E-state index contributed by atoms with van der Waals surface area (Å²) < 4.78 is 25.9. The Morgan fingerprint density at radius 2 is 2.05 bits per heavy atom. The van der Waals surface area contributed by atoms with E-state index >= 15 is 0 Å². The van der Waals surface area contributed by atoms with Crippen molar-refractivity contribution in [2.45, 2.75) is 17.9 Å². The van der Waals surface area contributed by atoms with Crippen LogP contribution in [0.5, 0.6) is 0 Å². The highest BCUT2D eigenvalue weighted by molar-refractivity contribution is 7.89. The first-order valence-electron chi connectivity index (χ1n) is 5.76. The number of nitrogens with one attached hydrogen (secondary N) is 2. The molecule has 19 heavy (non-hydrogen) atoms. The van der Waals surface area contributed by atoms with Crippen LogP contribution in [0.3, 0.4) is 0 Å². The number of piperazine rings is 1. The summed E-state index contributed by atoms with van der Waals surface area (Å²) >= 11 is 0. The van der Waals surface area contributed by atoms with Gasteiger partial charge in [0.2, 0.25) is 21.9 Å². The first-order valence-corrected chi connectivity index (χ1v) is 7.20. The fourth-order valence-corrected chi connectivity index (χ4v) is 3.29. The van der Waals surface area contributed by atoms with Gasteiger partial charge in [0.1, 0.15) is 10.9 Å². The first-order chi connectivity index (χ1) is 8.96. The lowest BCUT2D eigenvalue weighted by Crippen LogP contribution is -2.55. The average Bonchev–Trinajstić information content (AvgIpc) is 2.41. The molecule has 1 aromatic rings. The molecule has 1 aromatic heterocycles. The molecular formula is C10H15N5O3S. The van der Waals surface area contributed by atoms with Gasteiger partial charge >= 0.3 is 0 Å². The molecular weight excluding hydrogens is 270 g/mol. The Hall–Kier alpha value is -1.74. The number of sulfonamides is 1. The van der Waals surface area contributed by atoms with E-state index in [1.54, 1.807) is 14.0 Å². The lowest BCUT2D eigenvalue weighted by molar-refractivity contribution is -0.126. The van der Waals surface area contributed by atoms with E-state index in [2.05, 4.69) is 20.6 Å². The molecule has 1 aliphatic heterocycles. The zero-order chi connectivity index (χ0) is 14.0. The first kappa shape index (κ1) is 13.7.